The maximum absolute atomic E-state index is 5.23. The number of aliphatic imine (C=N–C) groups is 1. The summed E-state index contributed by atoms with van der Waals surface area (Å²) in [6.45, 7) is 6.74. The molecule has 1 aliphatic rings. The van der Waals surface area contributed by atoms with Crippen molar-refractivity contribution in [3.8, 4) is 0 Å². The average molecular weight is 359 g/mol. The lowest BCUT2D eigenvalue weighted by atomic mass is 10.2. The minimum absolute atomic E-state index is 0.697. The quantitative estimate of drug-likeness (QED) is 0.504. The molecule has 1 aliphatic heterocycles. The zero-order valence-corrected chi connectivity index (χ0v) is 16.0. The third-order valence-electron chi connectivity index (χ3n) is 4.63. The Balaban J connectivity index is 1.49. The SMILES string of the molecule is CN=C(NCc1c(C)noc1C)N1CCC(CSc2ccccc2)C1. The molecule has 1 atom stereocenters. The molecule has 6 heteroatoms. The molecule has 1 N–H and O–H groups in total. The lowest BCUT2D eigenvalue weighted by Crippen LogP contribution is -2.39. The summed E-state index contributed by atoms with van der Waals surface area (Å²) in [4.78, 5) is 8.16. The van der Waals surface area contributed by atoms with Gasteiger partial charge in [-0.3, -0.25) is 4.99 Å². The van der Waals surface area contributed by atoms with Crippen LogP contribution < -0.4 is 5.32 Å². The van der Waals surface area contributed by atoms with Gasteiger partial charge in [0, 0.05) is 42.9 Å². The van der Waals surface area contributed by atoms with Gasteiger partial charge >= 0.3 is 0 Å². The van der Waals surface area contributed by atoms with E-state index in [9.17, 15) is 0 Å². The Labute approximate surface area is 153 Å². The Morgan fingerprint density at radius 3 is 2.84 bits per heavy atom. The van der Waals surface area contributed by atoms with Crippen molar-refractivity contribution >= 4 is 17.7 Å². The lowest BCUT2D eigenvalue weighted by molar-refractivity contribution is 0.392. The number of nitrogens with one attached hydrogen (secondary N) is 1. The number of thioether (sulfide) groups is 1. The van der Waals surface area contributed by atoms with Gasteiger partial charge in [0.1, 0.15) is 5.76 Å². The molecule has 0 spiro atoms. The first-order chi connectivity index (χ1) is 12.2. The molecular weight excluding hydrogens is 332 g/mol. The molecule has 0 aliphatic carbocycles. The van der Waals surface area contributed by atoms with E-state index in [2.05, 4.69) is 50.7 Å². The van der Waals surface area contributed by atoms with Crippen molar-refractivity contribution in [2.45, 2.75) is 31.7 Å². The maximum Gasteiger partial charge on any atom is 0.193 e. The highest BCUT2D eigenvalue weighted by atomic mass is 32.2. The third-order valence-corrected chi connectivity index (χ3v) is 5.87. The van der Waals surface area contributed by atoms with Crippen LogP contribution in [0.25, 0.3) is 0 Å². The molecule has 0 radical (unpaired) electrons. The van der Waals surface area contributed by atoms with Crippen LogP contribution in [0.4, 0.5) is 0 Å². The fourth-order valence-corrected chi connectivity index (χ4v) is 4.20. The van der Waals surface area contributed by atoms with Crippen LogP contribution in [0.5, 0.6) is 0 Å². The second-order valence-electron chi connectivity index (χ2n) is 6.43. The molecule has 1 aromatic heterocycles. The second-order valence-corrected chi connectivity index (χ2v) is 7.52. The van der Waals surface area contributed by atoms with Crippen LogP contribution in [0, 0.1) is 19.8 Å². The molecule has 2 aromatic rings. The van der Waals surface area contributed by atoms with Gasteiger partial charge < -0.3 is 14.7 Å². The largest absolute Gasteiger partial charge is 0.361 e. The smallest absolute Gasteiger partial charge is 0.193 e. The summed E-state index contributed by atoms with van der Waals surface area (Å²) < 4.78 is 5.23. The number of aryl methyl sites for hydroxylation is 2. The van der Waals surface area contributed by atoms with Crippen molar-refractivity contribution in [3.05, 3.63) is 47.3 Å². The van der Waals surface area contributed by atoms with Gasteiger partial charge in [-0.05, 0) is 38.3 Å². The molecule has 1 fully saturated rings. The van der Waals surface area contributed by atoms with Gasteiger partial charge in [0.15, 0.2) is 5.96 Å². The molecule has 1 saturated heterocycles. The van der Waals surface area contributed by atoms with E-state index in [1.54, 1.807) is 0 Å². The number of benzene rings is 1. The predicted molar refractivity (Wildman–Crippen MR) is 103 cm³/mol. The molecule has 0 amide bonds. The van der Waals surface area contributed by atoms with Crippen LogP contribution in [0.2, 0.25) is 0 Å². The summed E-state index contributed by atoms with van der Waals surface area (Å²) in [6.07, 6.45) is 1.21. The highest BCUT2D eigenvalue weighted by Gasteiger charge is 2.25. The first-order valence-electron chi connectivity index (χ1n) is 8.72. The van der Waals surface area contributed by atoms with Crippen molar-refractivity contribution in [1.82, 2.24) is 15.4 Å². The van der Waals surface area contributed by atoms with Crippen LogP contribution in [0.15, 0.2) is 44.7 Å². The van der Waals surface area contributed by atoms with Gasteiger partial charge in [0.25, 0.3) is 0 Å². The van der Waals surface area contributed by atoms with Gasteiger partial charge in [-0.25, -0.2) is 0 Å². The van der Waals surface area contributed by atoms with Gasteiger partial charge in [-0.1, -0.05) is 23.4 Å². The molecule has 0 saturated carbocycles. The molecule has 3 rings (SSSR count). The molecular formula is C19H26N4OS. The lowest BCUT2D eigenvalue weighted by Gasteiger charge is -2.21. The molecule has 5 nitrogen and oxygen atoms in total. The van der Waals surface area contributed by atoms with Crippen LogP contribution in [-0.2, 0) is 6.54 Å². The van der Waals surface area contributed by atoms with Crippen molar-refractivity contribution < 1.29 is 4.52 Å². The van der Waals surface area contributed by atoms with E-state index in [0.717, 1.165) is 41.8 Å². The Morgan fingerprint density at radius 1 is 1.36 bits per heavy atom. The average Bonchev–Trinajstić information content (AvgIpc) is 3.23. The second kappa shape index (κ2) is 8.43. The summed E-state index contributed by atoms with van der Waals surface area (Å²) in [5.41, 5.74) is 2.07. The highest BCUT2D eigenvalue weighted by molar-refractivity contribution is 7.99. The number of hydrogen-bond acceptors (Lipinski definition) is 4. The van der Waals surface area contributed by atoms with Gasteiger partial charge in [-0.15, -0.1) is 11.8 Å². The summed E-state index contributed by atoms with van der Waals surface area (Å²) in [6, 6.07) is 10.6. The van der Waals surface area contributed by atoms with Crippen LogP contribution in [0.1, 0.15) is 23.4 Å². The standard InChI is InChI=1S/C19H26N4OS/c1-14-18(15(2)24-22-14)11-21-19(20-3)23-10-9-16(12-23)13-25-17-7-5-4-6-8-17/h4-8,16H,9-13H2,1-3H3,(H,20,21). The predicted octanol–water partition coefficient (Wildman–Crippen LogP) is 3.48. The maximum atomic E-state index is 5.23. The fraction of sp³-hybridized carbons (Fsp3) is 0.474. The molecule has 25 heavy (non-hydrogen) atoms. The van der Waals surface area contributed by atoms with E-state index in [0.29, 0.717) is 12.5 Å². The summed E-state index contributed by atoms with van der Waals surface area (Å²) in [5, 5.41) is 7.47. The van der Waals surface area contributed by atoms with Crippen LogP contribution in [0.3, 0.4) is 0 Å². The minimum Gasteiger partial charge on any atom is -0.361 e. The van der Waals surface area contributed by atoms with Crippen molar-refractivity contribution in [1.29, 1.82) is 0 Å². The minimum atomic E-state index is 0.697. The summed E-state index contributed by atoms with van der Waals surface area (Å²) in [5.74, 6) is 3.69. The Hall–Kier alpha value is -1.95. The number of rotatable bonds is 5. The number of nitrogens with zero attached hydrogens (tertiary/aromatic N) is 3. The number of aromatic nitrogens is 1. The summed E-state index contributed by atoms with van der Waals surface area (Å²) in [7, 11) is 1.85. The first-order valence-corrected chi connectivity index (χ1v) is 9.71. The first kappa shape index (κ1) is 17.9. The highest BCUT2D eigenvalue weighted by Crippen LogP contribution is 2.26. The molecule has 134 valence electrons. The fourth-order valence-electron chi connectivity index (χ4n) is 3.15. The molecule has 2 heterocycles. The van der Waals surface area contributed by atoms with Crippen molar-refractivity contribution in [3.63, 3.8) is 0 Å². The normalized spacial score (nSPS) is 18.0. The van der Waals surface area contributed by atoms with E-state index in [1.165, 1.54) is 11.3 Å². The summed E-state index contributed by atoms with van der Waals surface area (Å²) >= 11 is 1.95. The van der Waals surface area contributed by atoms with E-state index in [4.69, 9.17) is 4.52 Å². The van der Waals surface area contributed by atoms with E-state index in [-0.39, 0.29) is 0 Å². The molecule has 1 aromatic carbocycles. The van der Waals surface area contributed by atoms with Gasteiger partial charge in [0.2, 0.25) is 0 Å². The van der Waals surface area contributed by atoms with Crippen LogP contribution >= 0.6 is 11.8 Å². The zero-order chi connectivity index (χ0) is 17.6. The van der Waals surface area contributed by atoms with Gasteiger partial charge in [0.05, 0.1) is 5.69 Å². The topological polar surface area (TPSA) is 53.7 Å². The molecule has 1 unspecified atom stereocenters. The van der Waals surface area contributed by atoms with E-state index in [1.807, 2.05) is 32.7 Å². The Bertz CT molecular complexity index is 694. The zero-order valence-electron chi connectivity index (χ0n) is 15.2. The van der Waals surface area contributed by atoms with Crippen LogP contribution in [-0.4, -0.2) is 41.9 Å². The van der Waals surface area contributed by atoms with Gasteiger partial charge in [-0.2, -0.15) is 0 Å². The van der Waals surface area contributed by atoms with Crippen molar-refractivity contribution in [2.75, 3.05) is 25.9 Å². The third kappa shape index (κ3) is 4.57. The monoisotopic (exact) mass is 358 g/mol. The number of likely N-dealkylation sites (tertiary alicyclic amines) is 1. The Kier molecular flexibility index (Phi) is 6.02. The van der Waals surface area contributed by atoms with E-state index < -0.39 is 0 Å². The number of guanidine groups is 1. The Morgan fingerprint density at radius 2 is 2.16 bits per heavy atom. The van der Waals surface area contributed by atoms with E-state index >= 15 is 0 Å². The molecule has 0 bridgehead atoms. The van der Waals surface area contributed by atoms with Crippen molar-refractivity contribution in [2.24, 2.45) is 10.9 Å². The number of hydrogen-bond donors (Lipinski definition) is 1.